The summed E-state index contributed by atoms with van der Waals surface area (Å²) in [5.41, 5.74) is 1.50. The molecule has 4 heteroatoms. The lowest BCUT2D eigenvalue weighted by Crippen LogP contribution is -2.24. The molecule has 0 unspecified atom stereocenters. The molecule has 1 saturated heterocycles. The van der Waals surface area contributed by atoms with E-state index in [2.05, 4.69) is 42.2 Å². The van der Waals surface area contributed by atoms with Crippen LogP contribution in [-0.2, 0) is 13.1 Å². The molecule has 1 aromatic rings. The van der Waals surface area contributed by atoms with Crippen molar-refractivity contribution in [1.82, 2.24) is 15.4 Å². The average Bonchev–Trinajstić information content (AvgIpc) is 2.73. The van der Waals surface area contributed by atoms with Crippen LogP contribution in [0, 0.1) is 5.41 Å². The molecule has 2 rings (SSSR count). The highest BCUT2D eigenvalue weighted by Gasteiger charge is 2.23. The Morgan fingerprint density at radius 2 is 2.21 bits per heavy atom. The number of nitrogens with zero attached hydrogens (tertiary/aromatic N) is 2. The SMILES string of the molecule is CCNCc1cc(CN2CCCC(C)(C)CC2)on1. The number of hydrogen-bond acceptors (Lipinski definition) is 4. The van der Waals surface area contributed by atoms with Crippen LogP contribution < -0.4 is 5.32 Å². The van der Waals surface area contributed by atoms with E-state index in [9.17, 15) is 0 Å². The maximum absolute atomic E-state index is 5.43. The van der Waals surface area contributed by atoms with E-state index >= 15 is 0 Å². The molecule has 108 valence electrons. The summed E-state index contributed by atoms with van der Waals surface area (Å²) >= 11 is 0. The Balaban J connectivity index is 1.85. The van der Waals surface area contributed by atoms with Crippen molar-refractivity contribution in [2.75, 3.05) is 19.6 Å². The van der Waals surface area contributed by atoms with Crippen LogP contribution in [0.2, 0.25) is 0 Å². The van der Waals surface area contributed by atoms with Gasteiger partial charge in [0.15, 0.2) is 5.76 Å². The molecule has 1 aliphatic rings. The normalized spacial score (nSPS) is 20.4. The number of likely N-dealkylation sites (tertiary alicyclic amines) is 1. The summed E-state index contributed by atoms with van der Waals surface area (Å²) in [5.74, 6) is 0.993. The van der Waals surface area contributed by atoms with Crippen LogP contribution >= 0.6 is 0 Å². The number of hydrogen-bond donors (Lipinski definition) is 1. The lowest BCUT2D eigenvalue weighted by Gasteiger charge is -2.22. The van der Waals surface area contributed by atoms with Crippen LogP contribution in [0.4, 0.5) is 0 Å². The van der Waals surface area contributed by atoms with Crippen LogP contribution in [-0.4, -0.2) is 29.7 Å². The van der Waals surface area contributed by atoms with Gasteiger partial charge in [0.25, 0.3) is 0 Å². The Morgan fingerprint density at radius 1 is 1.37 bits per heavy atom. The Hall–Kier alpha value is -0.870. The molecule has 0 aliphatic carbocycles. The minimum atomic E-state index is 0.492. The fraction of sp³-hybridized carbons (Fsp3) is 0.800. The van der Waals surface area contributed by atoms with Crippen LogP contribution in [0.3, 0.4) is 0 Å². The molecule has 1 N–H and O–H groups in total. The van der Waals surface area contributed by atoms with Gasteiger partial charge in [-0.3, -0.25) is 4.90 Å². The predicted molar refractivity (Wildman–Crippen MR) is 76.8 cm³/mol. The summed E-state index contributed by atoms with van der Waals surface area (Å²) in [5, 5.41) is 7.37. The van der Waals surface area contributed by atoms with Gasteiger partial charge in [0.2, 0.25) is 0 Å². The first kappa shape index (κ1) is 14.5. The van der Waals surface area contributed by atoms with E-state index in [1.54, 1.807) is 0 Å². The third-order valence-electron chi connectivity index (χ3n) is 3.98. The van der Waals surface area contributed by atoms with E-state index in [4.69, 9.17) is 4.52 Å². The Morgan fingerprint density at radius 3 is 3.00 bits per heavy atom. The van der Waals surface area contributed by atoms with Gasteiger partial charge in [-0.1, -0.05) is 25.9 Å². The molecule has 0 amide bonds. The van der Waals surface area contributed by atoms with Crippen molar-refractivity contribution in [2.24, 2.45) is 5.41 Å². The molecular formula is C15H27N3O. The van der Waals surface area contributed by atoms with E-state index in [1.165, 1.54) is 25.8 Å². The fourth-order valence-electron chi connectivity index (χ4n) is 2.62. The van der Waals surface area contributed by atoms with Gasteiger partial charge in [-0.15, -0.1) is 0 Å². The molecule has 0 spiro atoms. The summed E-state index contributed by atoms with van der Waals surface area (Å²) in [7, 11) is 0. The van der Waals surface area contributed by atoms with Gasteiger partial charge < -0.3 is 9.84 Å². The third-order valence-corrected chi connectivity index (χ3v) is 3.98. The first-order chi connectivity index (χ1) is 9.09. The monoisotopic (exact) mass is 265 g/mol. The second kappa shape index (κ2) is 6.53. The molecule has 0 radical (unpaired) electrons. The van der Waals surface area contributed by atoms with Crippen molar-refractivity contribution >= 4 is 0 Å². The third kappa shape index (κ3) is 4.62. The van der Waals surface area contributed by atoms with Crippen molar-refractivity contribution in [1.29, 1.82) is 0 Å². The highest BCUT2D eigenvalue weighted by Crippen LogP contribution is 2.30. The van der Waals surface area contributed by atoms with Crippen molar-refractivity contribution < 1.29 is 4.52 Å². The Kier molecular flexibility index (Phi) is 4.99. The van der Waals surface area contributed by atoms with Crippen LogP contribution in [0.15, 0.2) is 10.6 Å². The van der Waals surface area contributed by atoms with Gasteiger partial charge in [0.1, 0.15) is 0 Å². The number of aromatic nitrogens is 1. The van der Waals surface area contributed by atoms with Gasteiger partial charge in [-0.2, -0.15) is 0 Å². The fourth-order valence-corrected chi connectivity index (χ4v) is 2.62. The second-order valence-corrected chi connectivity index (χ2v) is 6.36. The van der Waals surface area contributed by atoms with E-state index in [-0.39, 0.29) is 0 Å². The van der Waals surface area contributed by atoms with Gasteiger partial charge in [-0.25, -0.2) is 0 Å². The van der Waals surface area contributed by atoms with Crippen molar-refractivity contribution in [3.8, 4) is 0 Å². The first-order valence-electron chi connectivity index (χ1n) is 7.46. The maximum Gasteiger partial charge on any atom is 0.151 e. The van der Waals surface area contributed by atoms with Crippen molar-refractivity contribution in [3.05, 3.63) is 17.5 Å². The summed E-state index contributed by atoms with van der Waals surface area (Å²) < 4.78 is 5.43. The summed E-state index contributed by atoms with van der Waals surface area (Å²) in [6.45, 7) is 11.8. The van der Waals surface area contributed by atoms with Gasteiger partial charge in [0, 0.05) is 12.6 Å². The molecular weight excluding hydrogens is 238 g/mol. The molecule has 1 aromatic heterocycles. The van der Waals surface area contributed by atoms with E-state index in [0.717, 1.165) is 37.6 Å². The van der Waals surface area contributed by atoms with Gasteiger partial charge in [-0.05, 0) is 44.3 Å². The van der Waals surface area contributed by atoms with E-state index < -0.39 is 0 Å². The molecule has 4 nitrogen and oxygen atoms in total. The summed E-state index contributed by atoms with van der Waals surface area (Å²) in [6.07, 6.45) is 3.88. The van der Waals surface area contributed by atoms with Crippen molar-refractivity contribution in [3.63, 3.8) is 0 Å². The molecule has 19 heavy (non-hydrogen) atoms. The Bertz CT molecular complexity index is 386. The summed E-state index contributed by atoms with van der Waals surface area (Å²) in [4.78, 5) is 2.49. The molecule has 1 fully saturated rings. The molecule has 0 atom stereocenters. The van der Waals surface area contributed by atoms with Crippen molar-refractivity contribution in [2.45, 2.75) is 53.1 Å². The first-order valence-corrected chi connectivity index (χ1v) is 7.46. The highest BCUT2D eigenvalue weighted by atomic mass is 16.5. The smallest absolute Gasteiger partial charge is 0.151 e. The van der Waals surface area contributed by atoms with E-state index in [0.29, 0.717) is 5.41 Å². The second-order valence-electron chi connectivity index (χ2n) is 6.36. The summed E-state index contributed by atoms with van der Waals surface area (Å²) in [6, 6.07) is 2.08. The number of nitrogens with one attached hydrogen (secondary N) is 1. The molecule has 2 heterocycles. The van der Waals surface area contributed by atoms with Crippen LogP contribution in [0.5, 0.6) is 0 Å². The zero-order valence-electron chi connectivity index (χ0n) is 12.5. The Labute approximate surface area is 116 Å². The molecule has 0 saturated carbocycles. The average molecular weight is 265 g/mol. The maximum atomic E-state index is 5.43. The lowest BCUT2D eigenvalue weighted by atomic mass is 9.85. The van der Waals surface area contributed by atoms with Crippen LogP contribution in [0.1, 0.15) is 51.5 Å². The zero-order valence-corrected chi connectivity index (χ0v) is 12.5. The van der Waals surface area contributed by atoms with Gasteiger partial charge in [0.05, 0.1) is 12.2 Å². The predicted octanol–water partition coefficient (Wildman–Crippen LogP) is 2.80. The van der Waals surface area contributed by atoms with Crippen LogP contribution in [0.25, 0.3) is 0 Å². The minimum Gasteiger partial charge on any atom is -0.360 e. The highest BCUT2D eigenvalue weighted by molar-refractivity contribution is 5.05. The van der Waals surface area contributed by atoms with Gasteiger partial charge >= 0.3 is 0 Å². The molecule has 0 bridgehead atoms. The molecule has 0 aromatic carbocycles. The quantitative estimate of drug-likeness (QED) is 0.889. The molecule has 1 aliphatic heterocycles. The largest absolute Gasteiger partial charge is 0.360 e. The van der Waals surface area contributed by atoms with E-state index in [1.807, 2.05) is 0 Å². The number of rotatable bonds is 5. The standard InChI is InChI=1S/C15H27N3O/c1-4-16-11-13-10-14(19-17-13)12-18-8-5-6-15(2,3)7-9-18/h10,16H,4-9,11-12H2,1-3H3. The topological polar surface area (TPSA) is 41.3 Å². The minimum absolute atomic E-state index is 0.492. The zero-order chi connectivity index (χ0) is 13.7. The lowest BCUT2D eigenvalue weighted by molar-refractivity contribution is 0.227.